The van der Waals surface area contributed by atoms with Crippen LogP contribution in [0.4, 0.5) is 0 Å². The van der Waals surface area contributed by atoms with Crippen LogP contribution in [0.5, 0.6) is 5.75 Å². The second-order valence-corrected chi connectivity index (χ2v) is 5.42. The number of halogens is 1. The molecular weight excluding hydrogens is 298 g/mol. The number of thiophene rings is 1. The Morgan fingerprint density at radius 2 is 2.18 bits per heavy atom. The number of nitrogens with one attached hydrogen (secondary N) is 1. The van der Waals surface area contributed by atoms with Gasteiger partial charge in [0.15, 0.2) is 0 Å². The fraction of sp³-hybridized carbons (Fsp3) is 0.231. The quantitative estimate of drug-likeness (QED) is 0.924. The van der Waals surface area contributed by atoms with E-state index < -0.39 is 0 Å². The van der Waals surface area contributed by atoms with E-state index in [4.69, 9.17) is 4.74 Å². The molecular formula is C13H14BrNOS. The van der Waals surface area contributed by atoms with Crippen molar-refractivity contribution in [3.63, 3.8) is 0 Å². The molecule has 1 aromatic heterocycles. The average Bonchev–Trinajstić information content (AvgIpc) is 2.76. The molecule has 0 fully saturated rings. The standard InChI is InChI=1S/C13H14BrNOS/c1-15-8-9-7-10(16-2)3-4-11(9)13-12(14)5-6-17-13/h3-7,15H,8H2,1-2H3. The highest BCUT2D eigenvalue weighted by Crippen LogP contribution is 2.36. The minimum atomic E-state index is 0.830. The molecule has 2 nitrogen and oxygen atoms in total. The van der Waals surface area contributed by atoms with E-state index in [0.29, 0.717) is 0 Å². The van der Waals surface area contributed by atoms with Crippen molar-refractivity contribution in [1.29, 1.82) is 0 Å². The Kier molecular flexibility index (Phi) is 4.20. The Morgan fingerprint density at radius 3 is 2.76 bits per heavy atom. The lowest BCUT2D eigenvalue weighted by atomic mass is 10.1. The van der Waals surface area contributed by atoms with Crippen LogP contribution in [0.25, 0.3) is 10.4 Å². The van der Waals surface area contributed by atoms with Gasteiger partial charge < -0.3 is 10.1 Å². The molecule has 2 rings (SSSR count). The van der Waals surface area contributed by atoms with Crippen molar-refractivity contribution in [3.8, 4) is 16.2 Å². The third kappa shape index (κ3) is 2.70. The van der Waals surface area contributed by atoms with E-state index in [1.54, 1.807) is 18.4 Å². The number of hydrogen-bond donors (Lipinski definition) is 1. The molecule has 0 amide bonds. The summed E-state index contributed by atoms with van der Waals surface area (Å²) in [5.41, 5.74) is 2.50. The van der Waals surface area contributed by atoms with E-state index in [0.717, 1.165) is 16.8 Å². The van der Waals surface area contributed by atoms with Crippen molar-refractivity contribution < 1.29 is 4.74 Å². The van der Waals surface area contributed by atoms with Crippen LogP contribution in [-0.4, -0.2) is 14.2 Å². The van der Waals surface area contributed by atoms with E-state index in [-0.39, 0.29) is 0 Å². The van der Waals surface area contributed by atoms with Crippen LogP contribution in [0, 0.1) is 0 Å². The lowest BCUT2D eigenvalue weighted by Crippen LogP contribution is -2.06. The van der Waals surface area contributed by atoms with Gasteiger partial charge in [0.2, 0.25) is 0 Å². The highest BCUT2D eigenvalue weighted by Gasteiger charge is 2.10. The van der Waals surface area contributed by atoms with Crippen molar-refractivity contribution in [3.05, 3.63) is 39.7 Å². The van der Waals surface area contributed by atoms with E-state index in [1.165, 1.54) is 16.0 Å². The number of rotatable bonds is 4. The molecule has 0 saturated carbocycles. The first kappa shape index (κ1) is 12.6. The maximum atomic E-state index is 5.27. The smallest absolute Gasteiger partial charge is 0.119 e. The summed E-state index contributed by atoms with van der Waals surface area (Å²) in [7, 11) is 3.64. The second-order valence-electron chi connectivity index (χ2n) is 3.65. The molecule has 4 heteroatoms. The van der Waals surface area contributed by atoms with Crippen LogP contribution in [0.2, 0.25) is 0 Å². The molecule has 0 aliphatic heterocycles. The van der Waals surface area contributed by atoms with Gasteiger partial charge in [0.05, 0.1) is 7.11 Å². The summed E-state index contributed by atoms with van der Waals surface area (Å²) in [6, 6.07) is 8.27. The van der Waals surface area contributed by atoms with Crippen LogP contribution in [-0.2, 0) is 6.54 Å². The maximum Gasteiger partial charge on any atom is 0.119 e. The van der Waals surface area contributed by atoms with Gasteiger partial charge in [-0.2, -0.15) is 0 Å². The molecule has 90 valence electrons. The molecule has 17 heavy (non-hydrogen) atoms. The van der Waals surface area contributed by atoms with Crippen molar-refractivity contribution >= 4 is 27.3 Å². The number of ether oxygens (including phenoxy) is 1. The minimum absolute atomic E-state index is 0.830. The van der Waals surface area contributed by atoms with Gasteiger partial charge in [0.1, 0.15) is 5.75 Å². The monoisotopic (exact) mass is 311 g/mol. The predicted molar refractivity (Wildman–Crippen MR) is 76.8 cm³/mol. The molecule has 0 radical (unpaired) electrons. The molecule has 1 N–H and O–H groups in total. The number of methoxy groups -OCH3 is 1. The Labute approximate surface area is 114 Å². The highest BCUT2D eigenvalue weighted by atomic mass is 79.9. The maximum absolute atomic E-state index is 5.27. The molecule has 1 heterocycles. The zero-order valence-electron chi connectivity index (χ0n) is 9.79. The van der Waals surface area contributed by atoms with Gasteiger partial charge >= 0.3 is 0 Å². The third-order valence-corrected chi connectivity index (χ3v) is 4.41. The SMILES string of the molecule is CNCc1cc(OC)ccc1-c1sccc1Br. The fourth-order valence-corrected chi connectivity index (χ4v) is 3.39. The van der Waals surface area contributed by atoms with Crippen LogP contribution >= 0.6 is 27.3 Å². The van der Waals surface area contributed by atoms with Crippen molar-refractivity contribution in [2.24, 2.45) is 0 Å². The Hall–Kier alpha value is -0.840. The molecule has 0 aliphatic rings. The van der Waals surface area contributed by atoms with Crippen LogP contribution in [0.15, 0.2) is 34.1 Å². The largest absolute Gasteiger partial charge is 0.497 e. The highest BCUT2D eigenvalue weighted by molar-refractivity contribution is 9.10. The van der Waals surface area contributed by atoms with Gasteiger partial charge in [-0.25, -0.2) is 0 Å². The summed E-state index contributed by atoms with van der Waals surface area (Å²) in [6.07, 6.45) is 0. The summed E-state index contributed by atoms with van der Waals surface area (Å²) >= 11 is 5.32. The molecule has 2 aromatic rings. The lowest BCUT2D eigenvalue weighted by molar-refractivity contribution is 0.414. The zero-order chi connectivity index (χ0) is 12.3. The third-order valence-electron chi connectivity index (χ3n) is 2.54. The first-order valence-electron chi connectivity index (χ1n) is 5.31. The zero-order valence-corrected chi connectivity index (χ0v) is 12.2. The Bertz CT molecular complexity index is 510. The summed E-state index contributed by atoms with van der Waals surface area (Å²) in [5.74, 6) is 0.895. The van der Waals surface area contributed by atoms with E-state index >= 15 is 0 Å². The van der Waals surface area contributed by atoms with Crippen LogP contribution in [0.1, 0.15) is 5.56 Å². The van der Waals surface area contributed by atoms with Crippen molar-refractivity contribution in [2.45, 2.75) is 6.54 Å². The number of benzene rings is 1. The number of hydrogen-bond acceptors (Lipinski definition) is 3. The van der Waals surface area contributed by atoms with Gasteiger partial charge in [-0.1, -0.05) is 0 Å². The van der Waals surface area contributed by atoms with Crippen molar-refractivity contribution in [2.75, 3.05) is 14.2 Å². The van der Waals surface area contributed by atoms with Gasteiger partial charge in [-0.15, -0.1) is 11.3 Å². The summed E-state index contributed by atoms with van der Waals surface area (Å²) in [6.45, 7) is 0.830. The molecule has 0 aliphatic carbocycles. The molecule has 0 saturated heterocycles. The second kappa shape index (κ2) is 5.67. The Morgan fingerprint density at radius 1 is 1.35 bits per heavy atom. The normalized spacial score (nSPS) is 10.5. The van der Waals surface area contributed by atoms with E-state index in [9.17, 15) is 0 Å². The first-order valence-corrected chi connectivity index (χ1v) is 6.98. The summed E-state index contributed by atoms with van der Waals surface area (Å²) in [4.78, 5) is 1.26. The van der Waals surface area contributed by atoms with Crippen molar-refractivity contribution in [1.82, 2.24) is 5.32 Å². The van der Waals surface area contributed by atoms with E-state index in [2.05, 4.69) is 44.8 Å². The fourth-order valence-electron chi connectivity index (χ4n) is 1.74. The topological polar surface area (TPSA) is 21.3 Å². The summed E-state index contributed by atoms with van der Waals surface area (Å²) < 4.78 is 6.41. The lowest BCUT2D eigenvalue weighted by Gasteiger charge is -2.10. The Balaban J connectivity index is 2.49. The average molecular weight is 312 g/mol. The van der Waals surface area contributed by atoms with Gasteiger partial charge in [-0.3, -0.25) is 0 Å². The molecule has 0 bridgehead atoms. The van der Waals surface area contributed by atoms with Crippen LogP contribution in [0.3, 0.4) is 0 Å². The first-order chi connectivity index (χ1) is 8.26. The minimum Gasteiger partial charge on any atom is -0.497 e. The molecule has 0 atom stereocenters. The molecule has 0 spiro atoms. The van der Waals surface area contributed by atoms with Gasteiger partial charge in [0.25, 0.3) is 0 Å². The van der Waals surface area contributed by atoms with Gasteiger partial charge in [0, 0.05) is 15.9 Å². The van der Waals surface area contributed by atoms with Gasteiger partial charge in [-0.05, 0) is 63.8 Å². The van der Waals surface area contributed by atoms with Crippen LogP contribution < -0.4 is 10.1 Å². The summed E-state index contributed by atoms with van der Waals surface area (Å²) in [5, 5.41) is 5.28. The molecule has 1 aromatic carbocycles. The predicted octanol–water partition coefficient (Wildman–Crippen LogP) is 3.91. The molecule has 0 unspecified atom stereocenters. The van der Waals surface area contributed by atoms with E-state index in [1.807, 2.05) is 13.1 Å².